The van der Waals surface area contributed by atoms with E-state index >= 15 is 0 Å². The number of rotatable bonds is 3. The van der Waals surface area contributed by atoms with Crippen molar-refractivity contribution in [2.75, 3.05) is 0 Å². The molecule has 0 saturated heterocycles. The molecule has 1 fully saturated rings. The smallest absolute Gasteiger partial charge is 0.143 e. The fourth-order valence-corrected chi connectivity index (χ4v) is 2.74. The molecule has 0 spiro atoms. The summed E-state index contributed by atoms with van der Waals surface area (Å²) in [6.45, 7) is 0. The Labute approximate surface area is 93.3 Å². The van der Waals surface area contributed by atoms with Gasteiger partial charge < -0.3 is 0 Å². The van der Waals surface area contributed by atoms with Crippen molar-refractivity contribution in [2.24, 2.45) is 5.92 Å². The lowest BCUT2D eigenvalue weighted by Crippen LogP contribution is -2.28. The van der Waals surface area contributed by atoms with Crippen LogP contribution in [0.2, 0.25) is 0 Å². The molecule has 80 valence electrons. The molecule has 1 aromatic rings. The Bertz CT molecular complexity index is 338. The topological polar surface area (TPSA) is 34.1 Å². The van der Waals surface area contributed by atoms with E-state index < -0.39 is 0 Å². The highest BCUT2D eigenvalue weighted by atomic mass is 32.1. The van der Waals surface area contributed by atoms with Gasteiger partial charge in [-0.2, -0.15) is 11.3 Å². The molecule has 1 aliphatic rings. The highest BCUT2D eigenvalue weighted by Gasteiger charge is 2.29. The number of hydrogen-bond acceptors (Lipinski definition) is 3. The minimum Gasteiger partial charge on any atom is -0.299 e. The quantitative estimate of drug-likeness (QED) is 0.737. The van der Waals surface area contributed by atoms with Crippen LogP contribution in [-0.4, -0.2) is 11.6 Å². The summed E-state index contributed by atoms with van der Waals surface area (Å²) in [6, 6.07) is 2.06. The fraction of sp³-hybridized carbons (Fsp3) is 0.500. The maximum atomic E-state index is 11.5. The van der Waals surface area contributed by atoms with Gasteiger partial charge in [-0.25, -0.2) is 0 Å². The van der Waals surface area contributed by atoms with Crippen molar-refractivity contribution >= 4 is 22.9 Å². The SMILES string of the molecule is O=C1CCCC(=O)C1CCc1ccsc1. The zero-order valence-corrected chi connectivity index (χ0v) is 9.39. The standard InChI is InChI=1S/C12H14O2S/c13-11-2-1-3-12(14)10(11)5-4-9-6-7-15-8-9/h6-8,10H,1-5H2. The van der Waals surface area contributed by atoms with Crippen LogP contribution in [0.25, 0.3) is 0 Å². The summed E-state index contributed by atoms with van der Waals surface area (Å²) in [6.07, 6.45) is 3.51. The van der Waals surface area contributed by atoms with Crippen molar-refractivity contribution in [3.63, 3.8) is 0 Å². The molecule has 0 radical (unpaired) electrons. The summed E-state index contributed by atoms with van der Waals surface area (Å²) in [7, 11) is 0. The Balaban J connectivity index is 1.92. The minimum atomic E-state index is -0.307. The lowest BCUT2D eigenvalue weighted by molar-refractivity contribution is -0.135. The van der Waals surface area contributed by atoms with Gasteiger partial charge in [0.15, 0.2) is 0 Å². The van der Waals surface area contributed by atoms with E-state index in [0.717, 1.165) is 12.8 Å². The second-order valence-electron chi connectivity index (χ2n) is 4.01. The summed E-state index contributed by atoms with van der Waals surface area (Å²) < 4.78 is 0. The first-order valence-corrected chi connectivity index (χ1v) is 6.28. The van der Waals surface area contributed by atoms with Crippen LogP contribution in [0.5, 0.6) is 0 Å². The molecule has 1 saturated carbocycles. The Hall–Kier alpha value is -0.960. The molecule has 0 aliphatic heterocycles. The van der Waals surface area contributed by atoms with Crippen LogP contribution in [0.1, 0.15) is 31.2 Å². The van der Waals surface area contributed by atoms with Crippen LogP contribution >= 0.6 is 11.3 Å². The van der Waals surface area contributed by atoms with Crippen molar-refractivity contribution in [3.8, 4) is 0 Å². The molecule has 0 bridgehead atoms. The van der Waals surface area contributed by atoms with Crippen LogP contribution in [0.3, 0.4) is 0 Å². The molecule has 0 aromatic carbocycles. The molecule has 1 aromatic heterocycles. The normalized spacial score (nSPS) is 18.4. The maximum absolute atomic E-state index is 11.5. The Morgan fingerprint density at radius 2 is 2.00 bits per heavy atom. The zero-order valence-electron chi connectivity index (χ0n) is 8.57. The van der Waals surface area contributed by atoms with Crippen molar-refractivity contribution < 1.29 is 9.59 Å². The lowest BCUT2D eigenvalue weighted by Gasteiger charge is -2.18. The highest BCUT2D eigenvalue weighted by Crippen LogP contribution is 2.22. The number of carbonyl (C=O) groups excluding carboxylic acids is 2. The summed E-state index contributed by atoms with van der Waals surface area (Å²) >= 11 is 1.66. The molecule has 0 atom stereocenters. The van der Waals surface area contributed by atoms with Crippen molar-refractivity contribution in [3.05, 3.63) is 22.4 Å². The van der Waals surface area contributed by atoms with Crippen LogP contribution in [0, 0.1) is 5.92 Å². The zero-order chi connectivity index (χ0) is 10.7. The van der Waals surface area contributed by atoms with Crippen molar-refractivity contribution in [2.45, 2.75) is 32.1 Å². The third-order valence-corrected chi connectivity index (χ3v) is 3.66. The molecular weight excluding hydrogens is 208 g/mol. The minimum absolute atomic E-state index is 0.154. The van der Waals surface area contributed by atoms with Gasteiger partial charge in [-0.1, -0.05) is 0 Å². The van der Waals surface area contributed by atoms with Gasteiger partial charge in [-0.15, -0.1) is 0 Å². The molecule has 0 amide bonds. The molecule has 3 heteroatoms. The van der Waals surface area contributed by atoms with Crippen LogP contribution < -0.4 is 0 Å². The van der Waals surface area contributed by atoms with Crippen molar-refractivity contribution in [1.29, 1.82) is 0 Å². The molecular formula is C12H14O2S. The van der Waals surface area contributed by atoms with E-state index in [1.165, 1.54) is 5.56 Å². The number of Topliss-reactive ketones (excluding diaryl/α,β-unsaturated/α-hetero) is 2. The number of ketones is 2. The lowest BCUT2D eigenvalue weighted by atomic mass is 9.83. The summed E-state index contributed by atoms with van der Waals surface area (Å²) in [5, 5.41) is 4.11. The molecule has 15 heavy (non-hydrogen) atoms. The second kappa shape index (κ2) is 4.71. The molecule has 0 unspecified atom stereocenters. The first-order chi connectivity index (χ1) is 7.27. The van der Waals surface area contributed by atoms with E-state index in [9.17, 15) is 9.59 Å². The predicted molar refractivity (Wildman–Crippen MR) is 60.0 cm³/mol. The van der Waals surface area contributed by atoms with Gasteiger partial charge in [0.25, 0.3) is 0 Å². The maximum Gasteiger partial charge on any atom is 0.143 e. The van der Waals surface area contributed by atoms with E-state index in [1.807, 2.05) is 5.38 Å². The van der Waals surface area contributed by atoms with Crippen LogP contribution in [0.4, 0.5) is 0 Å². The summed E-state index contributed by atoms with van der Waals surface area (Å²) in [5.74, 6) is 0.00149. The third kappa shape index (κ3) is 2.53. The monoisotopic (exact) mass is 222 g/mol. The first-order valence-electron chi connectivity index (χ1n) is 5.34. The Kier molecular flexibility index (Phi) is 3.31. The average Bonchev–Trinajstić information content (AvgIpc) is 2.70. The van der Waals surface area contributed by atoms with Crippen molar-refractivity contribution in [1.82, 2.24) is 0 Å². The molecule has 1 aliphatic carbocycles. The van der Waals surface area contributed by atoms with Gasteiger partial charge >= 0.3 is 0 Å². The van der Waals surface area contributed by atoms with E-state index in [2.05, 4.69) is 11.4 Å². The fourth-order valence-electron chi connectivity index (χ4n) is 2.03. The summed E-state index contributed by atoms with van der Waals surface area (Å²) in [5.41, 5.74) is 1.24. The largest absolute Gasteiger partial charge is 0.299 e. The van der Waals surface area contributed by atoms with Gasteiger partial charge in [-0.3, -0.25) is 9.59 Å². The number of aryl methyl sites for hydroxylation is 1. The van der Waals surface area contributed by atoms with Gasteiger partial charge in [0.2, 0.25) is 0 Å². The predicted octanol–water partition coefficient (Wildman–Crippen LogP) is 2.62. The van der Waals surface area contributed by atoms with Crippen LogP contribution in [0.15, 0.2) is 16.8 Å². The van der Waals surface area contributed by atoms with Crippen LogP contribution in [-0.2, 0) is 16.0 Å². The van der Waals surface area contributed by atoms with E-state index in [4.69, 9.17) is 0 Å². The molecule has 0 N–H and O–H groups in total. The number of hydrogen-bond donors (Lipinski definition) is 0. The van der Waals surface area contributed by atoms with Gasteiger partial charge in [0.05, 0.1) is 5.92 Å². The van der Waals surface area contributed by atoms with Gasteiger partial charge in [0, 0.05) is 12.8 Å². The molecule has 1 heterocycles. The van der Waals surface area contributed by atoms with Gasteiger partial charge in [-0.05, 0) is 41.7 Å². The Morgan fingerprint density at radius 1 is 1.27 bits per heavy atom. The highest BCUT2D eigenvalue weighted by molar-refractivity contribution is 7.07. The number of thiophene rings is 1. The van der Waals surface area contributed by atoms with E-state index in [0.29, 0.717) is 19.3 Å². The Morgan fingerprint density at radius 3 is 2.60 bits per heavy atom. The van der Waals surface area contributed by atoms with Gasteiger partial charge in [0.1, 0.15) is 11.6 Å². The van der Waals surface area contributed by atoms with E-state index in [1.54, 1.807) is 11.3 Å². The van der Waals surface area contributed by atoms with E-state index in [-0.39, 0.29) is 17.5 Å². The molecule has 2 rings (SSSR count). The molecule has 2 nitrogen and oxygen atoms in total. The average molecular weight is 222 g/mol. The number of carbonyl (C=O) groups is 2. The third-order valence-electron chi connectivity index (χ3n) is 2.93. The first kappa shape index (κ1) is 10.6. The summed E-state index contributed by atoms with van der Waals surface area (Å²) in [4.78, 5) is 23.1. The second-order valence-corrected chi connectivity index (χ2v) is 4.79.